The molecule has 0 saturated carbocycles. The van der Waals surface area contributed by atoms with E-state index in [0.29, 0.717) is 5.25 Å². The fraction of sp³-hybridized carbons (Fsp3) is 0.333. The van der Waals surface area contributed by atoms with E-state index < -0.39 is 0 Å². The van der Waals surface area contributed by atoms with Crippen molar-refractivity contribution in [3.05, 3.63) is 54.6 Å². The van der Waals surface area contributed by atoms with Crippen molar-refractivity contribution in [1.82, 2.24) is 0 Å². The Kier molecular flexibility index (Phi) is 7.04. The van der Waals surface area contributed by atoms with Crippen LogP contribution in [-0.2, 0) is 0 Å². The standard InChI is InChI=1S/C18H22OS2/c1-15(2)20-14-6-13-19-16-9-11-18(12-10-16)21-17-7-4-3-5-8-17/h3-5,7-12,15H,6,13-14H2,1-2H3. The van der Waals surface area contributed by atoms with E-state index in [1.807, 2.05) is 17.8 Å². The number of benzene rings is 2. The van der Waals surface area contributed by atoms with E-state index in [0.717, 1.165) is 18.8 Å². The summed E-state index contributed by atoms with van der Waals surface area (Å²) in [4.78, 5) is 2.50. The van der Waals surface area contributed by atoms with Crippen molar-refractivity contribution in [1.29, 1.82) is 0 Å². The zero-order chi connectivity index (χ0) is 14.9. The molecule has 0 amide bonds. The first kappa shape index (κ1) is 16.3. The molecule has 112 valence electrons. The van der Waals surface area contributed by atoms with Crippen molar-refractivity contribution in [3.63, 3.8) is 0 Å². The molecule has 21 heavy (non-hydrogen) atoms. The molecule has 0 spiro atoms. The molecule has 0 N–H and O–H groups in total. The van der Waals surface area contributed by atoms with Crippen LogP contribution in [-0.4, -0.2) is 17.6 Å². The van der Waals surface area contributed by atoms with Crippen LogP contribution in [0.2, 0.25) is 0 Å². The van der Waals surface area contributed by atoms with Gasteiger partial charge in [0, 0.05) is 9.79 Å². The first-order valence-corrected chi connectivity index (χ1v) is 9.18. The molecule has 2 aromatic carbocycles. The Morgan fingerprint density at radius 3 is 2.24 bits per heavy atom. The Morgan fingerprint density at radius 2 is 1.57 bits per heavy atom. The Morgan fingerprint density at radius 1 is 0.905 bits per heavy atom. The van der Waals surface area contributed by atoms with E-state index in [1.54, 1.807) is 11.8 Å². The molecule has 1 nitrogen and oxygen atoms in total. The maximum atomic E-state index is 5.77. The predicted molar refractivity (Wildman–Crippen MR) is 94.7 cm³/mol. The Balaban J connectivity index is 1.74. The summed E-state index contributed by atoms with van der Waals surface area (Å²) in [5.74, 6) is 2.13. The lowest BCUT2D eigenvalue weighted by molar-refractivity contribution is 0.318. The zero-order valence-corrected chi connectivity index (χ0v) is 14.3. The number of thioether (sulfide) groups is 1. The SMILES string of the molecule is CC(C)SCCCOc1ccc(Sc2ccccc2)cc1. The summed E-state index contributed by atoms with van der Waals surface area (Å²) in [6.07, 6.45) is 1.10. The van der Waals surface area contributed by atoms with Crippen LogP contribution in [0.25, 0.3) is 0 Å². The minimum Gasteiger partial charge on any atom is -0.494 e. The molecular weight excluding hydrogens is 296 g/mol. The van der Waals surface area contributed by atoms with Gasteiger partial charge in [-0.2, -0.15) is 11.8 Å². The highest BCUT2D eigenvalue weighted by Gasteiger charge is 1.99. The summed E-state index contributed by atoms with van der Waals surface area (Å²) in [7, 11) is 0. The van der Waals surface area contributed by atoms with Gasteiger partial charge in [-0.1, -0.05) is 43.8 Å². The minimum absolute atomic E-state index is 0.708. The van der Waals surface area contributed by atoms with Gasteiger partial charge in [0.15, 0.2) is 0 Å². The van der Waals surface area contributed by atoms with Crippen molar-refractivity contribution in [2.45, 2.75) is 35.3 Å². The van der Waals surface area contributed by atoms with Gasteiger partial charge in [0.25, 0.3) is 0 Å². The lowest BCUT2D eigenvalue weighted by Crippen LogP contribution is -2.00. The summed E-state index contributed by atoms with van der Waals surface area (Å²) >= 11 is 3.76. The van der Waals surface area contributed by atoms with Crippen LogP contribution in [0.3, 0.4) is 0 Å². The molecule has 0 aliphatic carbocycles. The van der Waals surface area contributed by atoms with E-state index in [2.05, 4.69) is 62.4 Å². The highest BCUT2D eigenvalue weighted by molar-refractivity contribution is 7.99. The zero-order valence-electron chi connectivity index (χ0n) is 12.6. The van der Waals surface area contributed by atoms with Gasteiger partial charge in [-0.15, -0.1) is 0 Å². The molecule has 3 heteroatoms. The molecule has 0 radical (unpaired) electrons. The Bertz CT molecular complexity index is 509. The summed E-state index contributed by atoms with van der Waals surface area (Å²) in [6, 6.07) is 18.8. The number of rotatable bonds is 8. The minimum atomic E-state index is 0.708. The van der Waals surface area contributed by atoms with Crippen LogP contribution in [0.4, 0.5) is 0 Å². The quantitative estimate of drug-likeness (QED) is 0.574. The van der Waals surface area contributed by atoms with E-state index >= 15 is 0 Å². The molecule has 0 atom stereocenters. The van der Waals surface area contributed by atoms with Crippen LogP contribution in [0, 0.1) is 0 Å². The second-order valence-electron chi connectivity index (χ2n) is 5.01. The lowest BCUT2D eigenvalue weighted by atomic mass is 10.3. The molecule has 0 bridgehead atoms. The largest absolute Gasteiger partial charge is 0.494 e. The van der Waals surface area contributed by atoms with E-state index in [9.17, 15) is 0 Å². The van der Waals surface area contributed by atoms with Gasteiger partial charge < -0.3 is 4.74 Å². The highest BCUT2D eigenvalue weighted by Crippen LogP contribution is 2.28. The Hall–Kier alpha value is -1.06. The van der Waals surface area contributed by atoms with Gasteiger partial charge in [-0.05, 0) is 53.8 Å². The second-order valence-corrected chi connectivity index (χ2v) is 7.84. The molecule has 2 aromatic rings. The molecule has 0 heterocycles. The summed E-state index contributed by atoms with van der Waals surface area (Å²) in [6.45, 7) is 5.26. The van der Waals surface area contributed by atoms with Crippen LogP contribution in [0.5, 0.6) is 5.75 Å². The third-order valence-corrected chi connectivity index (χ3v) is 5.02. The normalized spacial score (nSPS) is 10.8. The molecule has 0 aliphatic rings. The molecule has 2 rings (SSSR count). The van der Waals surface area contributed by atoms with Gasteiger partial charge in [0.2, 0.25) is 0 Å². The first-order chi connectivity index (χ1) is 10.2. The third-order valence-electron chi connectivity index (χ3n) is 2.81. The molecule has 0 saturated heterocycles. The maximum Gasteiger partial charge on any atom is 0.119 e. The second kappa shape index (κ2) is 9.06. The van der Waals surface area contributed by atoms with Crippen LogP contribution in [0.1, 0.15) is 20.3 Å². The summed E-state index contributed by atoms with van der Waals surface area (Å²) < 4.78 is 5.77. The maximum absolute atomic E-state index is 5.77. The first-order valence-electron chi connectivity index (χ1n) is 7.31. The molecule has 0 aromatic heterocycles. The predicted octanol–water partition coefficient (Wildman–Crippen LogP) is 5.75. The van der Waals surface area contributed by atoms with Crippen LogP contribution >= 0.6 is 23.5 Å². The fourth-order valence-corrected chi connectivity index (χ4v) is 3.39. The van der Waals surface area contributed by atoms with Crippen LogP contribution in [0.15, 0.2) is 64.4 Å². The number of hydrogen-bond donors (Lipinski definition) is 0. The van der Waals surface area contributed by atoms with Gasteiger partial charge >= 0.3 is 0 Å². The van der Waals surface area contributed by atoms with Gasteiger partial charge in [0.05, 0.1) is 6.61 Å². The van der Waals surface area contributed by atoms with Gasteiger partial charge in [0.1, 0.15) is 5.75 Å². The van der Waals surface area contributed by atoms with Gasteiger partial charge in [-0.3, -0.25) is 0 Å². The molecule has 0 unspecified atom stereocenters. The monoisotopic (exact) mass is 318 g/mol. The fourth-order valence-electron chi connectivity index (χ4n) is 1.80. The summed E-state index contributed by atoms with van der Waals surface area (Å²) in [5.41, 5.74) is 0. The van der Waals surface area contributed by atoms with Crippen molar-refractivity contribution in [2.24, 2.45) is 0 Å². The van der Waals surface area contributed by atoms with Crippen molar-refractivity contribution in [2.75, 3.05) is 12.4 Å². The van der Waals surface area contributed by atoms with Crippen LogP contribution < -0.4 is 4.74 Å². The molecule has 0 fully saturated rings. The smallest absolute Gasteiger partial charge is 0.119 e. The highest BCUT2D eigenvalue weighted by atomic mass is 32.2. The van der Waals surface area contributed by atoms with Gasteiger partial charge in [-0.25, -0.2) is 0 Å². The van der Waals surface area contributed by atoms with E-state index in [-0.39, 0.29) is 0 Å². The molecule has 0 aliphatic heterocycles. The van der Waals surface area contributed by atoms with E-state index in [4.69, 9.17) is 4.74 Å². The summed E-state index contributed by atoms with van der Waals surface area (Å²) in [5, 5.41) is 0.708. The van der Waals surface area contributed by atoms with Crippen molar-refractivity contribution < 1.29 is 4.74 Å². The van der Waals surface area contributed by atoms with E-state index in [1.165, 1.54) is 15.5 Å². The lowest BCUT2D eigenvalue weighted by Gasteiger charge is -2.08. The van der Waals surface area contributed by atoms with Crippen molar-refractivity contribution >= 4 is 23.5 Å². The van der Waals surface area contributed by atoms with Crippen molar-refractivity contribution in [3.8, 4) is 5.75 Å². The number of hydrogen-bond acceptors (Lipinski definition) is 3. The third kappa shape index (κ3) is 6.49. The number of ether oxygens (including phenoxy) is 1. The Labute approximate surface area is 136 Å². The average molecular weight is 319 g/mol. The molecular formula is C18H22OS2. The topological polar surface area (TPSA) is 9.23 Å². The average Bonchev–Trinajstić information content (AvgIpc) is 2.49.